The molecule has 0 atom stereocenters. The molecule has 2 rings (SSSR count). The number of nitrogens with two attached hydrogens (primary N) is 1. The molecule has 2 N–H and O–H groups in total. The zero-order chi connectivity index (χ0) is 11.2. The minimum Gasteiger partial charge on any atom is -0.344 e. The molecule has 0 radical (unpaired) electrons. The molecule has 0 aromatic carbocycles. The Balaban J connectivity index is 1.64. The number of quaternary nitrogens is 1. The maximum Gasteiger partial charge on any atom is 0.0885 e. The standard InChI is InChI=1S/C13H27N3/c1-2-7-15-8-3-13(4-9-15)12-16-10-5-14-6-11-16/h13-14H,2-12H2,1H3/p+1. The Hall–Kier alpha value is -0.120. The Morgan fingerprint density at radius 1 is 1.00 bits per heavy atom. The Kier molecular flexibility index (Phi) is 5.07. The predicted molar refractivity (Wildman–Crippen MR) is 67.6 cm³/mol. The van der Waals surface area contributed by atoms with E-state index in [1.165, 1.54) is 71.6 Å². The van der Waals surface area contributed by atoms with E-state index < -0.39 is 0 Å². The molecule has 0 amide bonds. The molecule has 2 saturated heterocycles. The lowest BCUT2D eigenvalue weighted by atomic mass is 9.96. The van der Waals surface area contributed by atoms with Gasteiger partial charge in [-0.15, -0.1) is 0 Å². The van der Waals surface area contributed by atoms with Gasteiger partial charge in [0.1, 0.15) is 0 Å². The molecule has 3 nitrogen and oxygen atoms in total. The normalized spacial score (nSPS) is 26.1. The molecule has 2 aliphatic heterocycles. The van der Waals surface area contributed by atoms with Crippen LogP contribution in [0.3, 0.4) is 0 Å². The molecule has 16 heavy (non-hydrogen) atoms. The van der Waals surface area contributed by atoms with Crippen LogP contribution < -0.4 is 5.32 Å². The Bertz CT molecular complexity index is 182. The van der Waals surface area contributed by atoms with Gasteiger partial charge in [-0.05, 0) is 44.8 Å². The molecule has 2 heterocycles. The van der Waals surface area contributed by atoms with Crippen LogP contribution in [0, 0.1) is 5.92 Å². The Labute approximate surface area is 100 Å². The van der Waals surface area contributed by atoms with Crippen molar-refractivity contribution in [2.75, 3.05) is 52.4 Å². The number of hydrogen-bond acceptors (Lipinski definition) is 2. The quantitative estimate of drug-likeness (QED) is 0.728. The van der Waals surface area contributed by atoms with Crippen molar-refractivity contribution in [3.05, 3.63) is 0 Å². The average Bonchev–Trinajstić information content (AvgIpc) is 2.33. The molecule has 0 spiro atoms. The van der Waals surface area contributed by atoms with Crippen LogP contribution in [0.4, 0.5) is 0 Å². The van der Waals surface area contributed by atoms with Crippen LogP contribution in [0.15, 0.2) is 0 Å². The highest BCUT2D eigenvalue weighted by molar-refractivity contribution is 4.75. The number of nitrogens with zero attached hydrogens (tertiary/aromatic N) is 2. The zero-order valence-corrected chi connectivity index (χ0v) is 10.8. The highest BCUT2D eigenvalue weighted by Crippen LogP contribution is 2.18. The third-order valence-electron chi connectivity index (χ3n) is 4.06. The van der Waals surface area contributed by atoms with Gasteiger partial charge in [0.05, 0.1) is 13.1 Å². The first-order chi connectivity index (χ1) is 7.88. The summed E-state index contributed by atoms with van der Waals surface area (Å²) in [5, 5.41) is 2.44. The second-order valence-electron chi connectivity index (χ2n) is 5.45. The molecule has 3 heteroatoms. The van der Waals surface area contributed by atoms with Crippen LogP contribution in [0.5, 0.6) is 0 Å². The van der Waals surface area contributed by atoms with Gasteiger partial charge in [0.15, 0.2) is 0 Å². The third-order valence-corrected chi connectivity index (χ3v) is 4.06. The van der Waals surface area contributed by atoms with Crippen LogP contribution in [0.25, 0.3) is 0 Å². The minimum absolute atomic E-state index is 0.978. The molecule has 0 unspecified atom stereocenters. The lowest BCUT2D eigenvalue weighted by Gasteiger charge is -2.35. The second kappa shape index (κ2) is 6.58. The summed E-state index contributed by atoms with van der Waals surface area (Å²) < 4.78 is 0. The van der Waals surface area contributed by atoms with E-state index in [1.807, 2.05) is 0 Å². The zero-order valence-electron chi connectivity index (χ0n) is 10.8. The van der Waals surface area contributed by atoms with E-state index in [1.54, 1.807) is 0 Å². The number of piperidine rings is 1. The molecule has 94 valence electrons. The molecule has 2 aliphatic rings. The summed E-state index contributed by atoms with van der Waals surface area (Å²) in [5.74, 6) is 0.978. The first-order valence-electron chi connectivity index (χ1n) is 7.15. The monoisotopic (exact) mass is 226 g/mol. The van der Waals surface area contributed by atoms with Crippen LogP contribution in [-0.2, 0) is 0 Å². The van der Waals surface area contributed by atoms with Gasteiger partial charge in [0, 0.05) is 19.6 Å². The average molecular weight is 226 g/mol. The van der Waals surface area contributed by atoms with Gasteiger partial charge in [-0.3, -0.25) is 4.90 Å². The summed E-state index contributed by atoms with van der Waals surface area (Å²) >= 11 is 0. The van der Waals surface area contributed by atoms with E-state index in [0.717, 1.165) is 5.92 Å². The maximum atomic E-state index is 2.68. The highest BCUT2D eigenvalue weighted by Gasteiger charge is 2.22. The molecule has 0 saturated carbocycles. The van der Waals surface area contributed by atoms with E-state index in [4.69, 9.17) is 0 Å². The van der Waals surface area contributed by atoms with Gasteiger partial charge in [0.25, 0.3) is 0 Å². The van der Waals surface area contributed by atoms with Crippen LogP contribution in [0.2, 0.25) is 0 Å². The van der Waals surface area contributed by atoms with Gasteiger partial charge in [-0.1, -0.05) is 6.92 Å². The summed E-state index contributed by atoms with van der Waals surface area (Å²) in [6.07, 6.45) is 4.17. The second-order valence-corrected chi connectivity index (χ2v) is 5.45. The summed E-state index contributed by atoms with van der Waals surface area (Å²) in [4.78, 5) is 5.32. The van der Waals surface area contributed by atoms with Crippen molar-refractivity contribution in [2.45, 2.75) is 26.2 Å². The van der Waals surface area contributed by atoms with Gasteiger partial charge in [0.2, 0.25) is 0 Å². The summed E-state index contributed by atoms with van der Waals surface area (Å²) in [5.41, 5.74) is 0. The molecule has 0 aromatic heterocycles. The first-order valence-corrected chi connectivity index (χ1v) is 7.15. The smallest absolute Gasteiger partial charge is 0.0885 e. The molecule has 0 aromatic rings. The molecule has 0 bridgehead atoms. The van der Waals surface area contributed by atoms with Gasteiger partial charge in [-0.25, -0.2) is 0 Å². The van der Waals surface area contributed by atoms with E-state index in [-0.39, 0.29) is 0 Å². The molecular formula is C13H28N3+. The van der Waals surface area contributed by atoms with Crippen LogP contribution in [0.1, 0.15) is 26.2 Å². The fraction of sp³-hybridized carbons (Fsp3) is 1.00. The lowest BCUT2D eigenvalue weighted by Crippen LogP contribution is -2.89. The van der Waals surface area contributed by atoms with Crippen molar-refractivity contribution in [1.29, 1.82) is 0 Å². The predicted octanol–water partition coefficient (Wildman–Crippen LogP) is -0.0126. The van der Waals surface area contributed by atoms with Crippen LogP contribution >= 0.6 is 0 Å². The maximum absolute atomic E-state index is 2.68. The molecule has 2 fully saturated rings. The fourth-order valence-corrected chi connectivity index (χ4v) is 3.06. The van der Waals surface area contributed by atoms with Crippen molar-refractivity contribution in [3.63, 3.8) is 0 Å². The lowest BCUT2D eigenvalue weighted by molar-refractivity contribution is -0.663. The van der Waals surface area contributed by atoms with Crippen molar-refractivity contribution in [1.82, 2.24) is 9.80 Å². The van der Waals surface area contributed by atoms with Crippen LogP contribution in [-0.4, -0.2) is 62.2 Å². The van der Waals surface area contributed by atoms with Crippen molar-refractivity contribution in [3.8, 4) is 0 Å². The van der Waals surface area contributed by atoms with Gasteiger partial charge >= 0.3 is 0 Å². The summed E-state index contributed by atoms with van der Waals surface area (Å²) in [7, 11) is 0. The van der Waals surface area contributed by atoms with E-state index >= 15 is 0 Å². The van der Waals surface area contributed by atoms with Crippen molar-refractivity contribution < 1.29 is 5.32 Å². The number of likely N-dealkylation sites (tertiary alicyclic amines) is 1. The van der Waals surface area contributed by atoms with E-state index in [2.05, 4.69) is 22.0 Å². The van der Waals surface area contributed by atoms with Crippen molar-refractivity contribution >= 4 is 0 Å². The number of rotatable bonds is 4. The highest BCUT2D eigenvalue weighted by atomic mass is 15.2. The van der Waals surface area contributed by atoms with Gasteiger partial charge < -0.3 is 10.2 Å². The topological polar surface area (TPSA) is 23.1 Å². The fourth-order valence-electron chi connectivity index (χ4n) is 3.06. The van der Waals surface area contributed by atoms with Gasteiger partial charge in [-0.2, -0.15) is 0 Å². The molecular weight excluding hydrogens is 198 g/mol. The Morgan fingerprint density at radius 3 is 2.31 bits per heavy atom. The number of piperazine rings is 1. The van der Waals surface area contributed by atoms with E-state index in [9.17, 15) is 0 Å². The first kappa shape index (κ1) is 12.3. The SMILES string of the molecule is CCCN1CCC(CN2CC[NH2+]CC2)CC1. The minimum atomic E-state index is 0.978. The molecule has 0 aliphatic carbocycles. The van der Waals surface area contributed by atoms with Crippen molar-refractivity contribution in [2.24, 2.45) is 5.92 Å². The van der Waals surface area contributed by atoms with E-state index in [0.29, 0.717) is 0 Å². The number of hydrogen-bond donors (Lipinski definition) is 1. The summed E-state index contributed by atoms with van der Waals surface area (Å²) in [6, 6.07) is 0. The Morgan fingerprint density at radius 2 is 1.69 bits per heavy atom. The summed E-state index contributed by atoms with van der Waals surface area (Å²) in [6.45, 7) is 12.9. The largest absolute Gasteiger partial charge is 0.344 e. The third kappa shape index (κ3) is 3.72.